The molecule has 138 valence electrons. The maximum atomic E-state index is 13.1. The smallest absolute Gasteiger partial charge is 0.349 e. The topological polar surface area (TPSA) is 55.1 Å². The van der Waals surface area contributed by atoms with E-state index < -0.39 is 23.2 Å². The summed E-state index contributed by atoms with van der Waals surface area (Å²) in [6, 6.07) is 5.37. The van der Waals surface area contributed by atoms with E-state index in [2.05, 4.69) is 5.32 Å². The first-order valence-electron chi connectivity index (χ1n) is 7.68. The second-order valence-corrected chi connectivity index (χ2v) is 6.51. The van der Waals surface area contributed by atoms with Crippen LogP contribution in [0.25, 0.3) is 0 Å². The van der Waals surface area contributed by atoms with Crippen molar-refractivity contribution in [3.8, 4) is 0 Å². The number of amides is 1. The van der Waals surface area contributed by atoms with Crippen LogP contribution in [-0.2, 0) is 11.0 Å². The average Bonchev–Trinajstić information content (AvgIpc) is 2.45. The van der Waals surface area contributed by atoms with E-state index in [1.165, 1.54) is 12.1 Å². The quantitative estimate of drug-likeness (QED) is 0.796. The van der Waals surface area contributed by atoms with Crippen LogP contribution in [0.5, 0.6) is 0 Å². The zero-order valence-electron chi connectivity index (χ0n) is 14.4. The average molecular weight is 367 g/mol. The van der Waals surface area contributed by atoms with Crippen molar-refractivity contribution in [3.63, 3.8) is 0 Å². The summed E-state index contributed by atoms with van der Waals surface area (Å²) in [7, 11) is 0. The Balaban J connectivity index is 0.00000529. The molecule has 3 N–H and O–H groups in total. The lowest BCUT2D eigenvalue weighted by Gasteiger charge is -2.34. The van der Waals surface area contributed by atoms with Gasteiger partial charge in [0.2, 0.25) is 5.91 Å². The predicted octanol–water partition coefficient (Wildman–Crippen LogP) is 4.11. The van der Waals surface area contributed by atoms with Gasteiger partial charge in [-0.3, -0.25) is 4.79 Å². The number of alkyl halides is 3. The maximum absolute atomic E-state index is 13.1. The van der Waals surface area contributed by atoms with Crippen LogP contribution in [0.3, 0.4) is 0 Å². The van der Waals surface area contributed by atoms with E-state index in [4.69, 9.17) is 5.73 Å². The first-order chi connectivity index (χ1) is 10.5. The Labute approximate surface area is 147 Å². The SMILES string of the molecule is CC(CC(=O)NC(C)(CN)C(C)C)c1ccccc1C(F)(F)F.Cl. The van der Waals surface area contributed by atoms with Crippen LogP contribution in [-0.4, -0.2) is 18.0 Å². The molecule has 1 amide bonds. The van der Waals surface area contributed by atoms with Gasteiger partial charge in [-0.1, -0.05) is 39.0 Å². The second kappa shape index (κ2) is 8.72. The lowest BCUT2D eigenvalue weighted by molar-refractivity contribution is -0.138. The number of carbonyl (C=O) groups excluding carboxylic acids is 1. The van der Waals surface area contributed by atoms with Crippen LogP contribution in [0.2, 0.25) is 0 Å². The lowest BCUT2D eigenvalue weighted by Crippen LogP contribution is -2.55. The zero-order chi connectivity index (χ0) is 17.8. The molecule has 0 bridgehead atoms. The van der Waals surface area contributed by atoms with Crippen molar-refractivity contribution < 1.29 is 18.0 Å². The minimum atomic E-state index is -4.43. The third-order valence-corrected chi connectivity index (χ3v) is 4.41. The zero-order valence-corrected chi connectivity index (χ0v) is 15.2. The summed E-state index contributed by atoms with van der Waals surface area (Å²) in [5.74, 6) is -0.715. The van der Waals surface area contributed by atoms with Gasteiger partial charge in [-0.15, -0.1) is 12.4 Å². The number of benzene rings is 1. The molecule has 0 fully saturated rings. The lowest BCUT2D eigenvalue weighted by atomic mass is 9.87. The number of rotatable bonds is 6. The van der Waals surface area contributed by atoms with Gasteiger partial charge >= 0.3 is 6.18 Å². The van der Waals surface area contributed by atoms with Crippen molar-refractivity contribution in [2.75, 3.05) is 6.54 Å². The highest BCUT2D eigenvalue weighted by molar-refractivity contribution is 5.85. The highest BCUT2D eigenvalue weighted by atomic mass is 35.5. The number of hydrogen-bond acceptors (Lipinski definition) is 2. The van der Waals surface area contributed by atoms with Gasteiger partial charge in [-0.05, 0) is 30.4 Å². The molecule has 1 aromatic carbocycles. The van der Waals surface area contributed by atoms with Gasteiger partial charge < -0.3 is 11.1 Å². The number of carbonyl (C=O) groups is 1. The maximum Gasteiger partial charge on any atom is 0.416 e. The highest BCUT2D eigenvalue weighted by Crippen LogP contribution is 2.36. The van der Waals surface area contributed by atoms with Crippen molar-refractivity contribution in [2.24, 2.45) is 11.7 Å². The van der Waals surface area contributed by atoms with Gasteiger partial charge in [-0.2, -0.15) is 13.2 Å². The summed E-state index contributed by atoms with van der Waals surface area (Å²) in [6.45, 7) is 7.61. The third-order valence-electron chi connectivity index (χ3n) is 4.41. The van der Waals surface area contributed by atoms with Crippen LogP contribution in [0.4, 0.5) is 13.2 Å². The van der Waals surface area contributed by atoms with Gasteiger partial charge in [0.25, 0.3) is 0 Å². The molecule has 0 aliphatic carbocycles. The molecule has 0 saturated heterocycles. The van der Waals surface area contributed by atoms with Crippen molar-refractivity contribution in [3.05, 3.63) is 35.4 Å². The van der Waals surface area contributed by atoms with Crippen molar-refractivity contribution >= 4 is 18.3 Å². The van der Waals surface area contributed by atoms with Gasteiger partial charge in [0, 0.05) is 13.0 Å². The van der Waals surface area contributed by atoms with E-state index in [1.807, 2.05) is 20.8 Å². The third kappa shape index (κ3) is 5.67. The molecule has 0 aromatic heterocycles. The number of hydrogen-bond donors (Lipinski definition) is 2. The summed E-state index contributed by atoms with van der Waals surface area (Å²) in [5, 5.41) is 2.86. The summed E-state index contributed by atoms with van der Waals surface area (Å²) in [6.07, 6.45) is -4.44. The predicted molar refractivity (Wildman–Crippen MR) is 92.2 cm³/mol. The number of halogens is 4. The van der Waals surface area contributed by atoms with E-state index in [0.29, 0.717) is 0 Å². The van der Waals surface area contributed by atoms with Crippen molar-refractivity contribution in [2.45, 2.75) is 51.7 Å². The molecular formula is C17H26ClF3N2O. The molecule has 0 saturated carbocycles. The van der Waals surface area contributed by atoms with Crippen LogP contribution in [0.15, 0.2) is 24.3 Å². The van der Waals surface area contributed by atoms with E-state index in [0.717, 1.165) is 6.07 Å². The van der Waals surface area contributed by atoms with Gasteiger partial charge in [0.15, 0.2) is 0 Å². The molecule has 2 unspecified atom stereocenters. The molecule has 0 heterocycles. The number of nitrogens with two attached hydrogens (primary N) is 1. The summed E-state index contributed by atoms with van der Waals surface area (Å²) in [4.78, 5) is 12.2. The Kier molecular flexibility index (Phi) is 8.26. The minimum Gasteiger partial charge on any atom is -0.349 e. The fourth-order valence-corrected chi connectivity index (χ4v) is 2.37. The van der Waals surface area contributed by atoms with E-state index >= 15 is 0 Å². The molecule has 1 aromatic rings. The minimum absolute atomic E-state index is 0. The summed E-state index contributed by atoms with van der Waals surface area (Å²) >= 11 is 0. The second-order valence-electron chi connectivity index (χ2n) is 6.51. The fourth-order valence-electron chi connectivity index (χ4n) is 2.37. The van der Waals surface area contributed by atoms with Crippen LogP contribution in [0.1, 0.15) is 51.2 Å². The molecule has 0 spiro atoms. The Morgan fingerprint density at radius 1 is 1.21 bits per heavy atom. The van der Waals surface area contributed by atoms with Crippen LogP contribution >= 0.6 is 12.4 Å². The summed E-state index contributed by atoms with van der Waals surface area (Å²) < 4.78 is 39.2. The normalized spacial score (nSPS) is 15.4. The molecule has 0 radical (unpaired) electrons. The monoisotopic (exact) mass is 366 g/mol. The molecule has 0 aliphatic rings. The first kappa shape index (κ1) is 22.7. The molecule has 1 rings (SSSR count). The molecule has 7 heteroatoms. The van der Waals surface area contributed by atoms with Gasteiger partial charge in [0.05, 0.1) is 11.1 Å². The standard InChI is InChI=1S/C17H25F3N2O.ClH/c1-11(2)16(4,10-21)22-15(23)9-12(3)13-7-5-6-8-14(13)17(18,19)20;/h5-8,11-12H,9-10,21H2,1-4H3,(H,22,23);1H. The molecule has 2 atom stereocenters. The van der Waals surface area contributed by atoms with E-state index in [9.17, 15) is 18.0 Å². The Hall–Kier alpha value is -1.27. The highest BCUT2D eigenvalue weighted by Gasteiger charge is 2.35. The summed E-state index contributed by atoms with van der Waals surface area (Å²) in [5.41, 5.74) is 4.59. The van der Waals surface area contributed by atoms with Crippen LogP contribution < -0.4 is 11.1 Å². The Bertz CT molecular complexity index is 549. The molecule has 3 nitrogen and oxygen atoms in total. The van der Waals surface area contributed by atoms with Gasteiger partial charge in [-0.25, -0.2) is 0 Å². The number of nitrogens with one attached hydrogen (secondary N) is 1. The van der Waals surface area contributed by atoms with Crippen molar-refractivity contribution in [1.82, 2.24) is 5.32 Å². The first-order valence-corrected chi connectivity index (χ1v) is 7.68. The Morgan fingerprint density at radius 2 is 1.75 bits per heavy atom. The molecule has 24 heavy (non-hydrogen) atoms. The van der Waals surface area contributed by atoms with Gasteiger partial charge in [0.1, 0.15) is 0 Å². The van der Waals surface area contributed by atoms with Crippen molar-refractivity contribution in [1.29, 1.82) is 0 Å². The Morgan fingerprint density at radius 3 is 2.21 bits per heavy atom. The molecular weight excluding hydrogens is 341 g/mol. The van der Waals surface area contributed by atoms with Crippen LogP contribution in [0, 0.1) is 5.92 Å². The fraction of sp³-hybridized carbons (Fsp3) is 0.588. The largest absolute Gasteiger partial charge is 0.416 e. The van der Waals surface area contributed by atoms with E-state index in [-0.39, 0.29) is 42.8 Å². The molecule has 0 aliphatic heterocycles. The van der Waals surface area contributed by atoms with E-state index in [1.54, 1.807) is 13.0 Å².